The molecule has 1 atom stereocenters. The molecule has 0 amide bonds. The first kappa shape index (κ1) is 15.7. The standard InChI is InChI=1S/C26H23Si/c1-15-9-11-19-18-7-5-6-8-20(18)24(22(19)13-15)21-12-10-17-14-16(2)25-23(17)26(21)27(25,3)4/h5-14,18H,1-4H3. The van der Waals surface area contributed by atoms with E-state index in [-0.39, 0.29) is 0 Å². The van der Waals surface area contributed by atoms with Gasteiger partial charge in [0.1, 0.15) is 8.07 Å². The summed E-state index contributed by atoms with van der Waals surface area (Å²) < 4.78 is 0. The number of aryl methyl sites for hydroxylation is 1. The van der Waals surface area contributed by atoms with E-state index in [1.165, 1.54) is 44.5 Å². The Labute approximate surface area is 162 Å². The molecule has 2 aromatic carbocycles. The molecule has 0 N–H and O–H groups in total. The van der Waals surface area contributed by atoms with Gasteiger partial charge in [-0.25, -0.2) is 0 Å². The van der Waals surface area contributed by atoms with Gasteiger partial charge in [-0.2, -0.15) is 0 Å². The molecule has 0 nitrogen and oxygen atoms in total. The Morgan fingerprint density at radius 3 is 2.63 bits per heavy atom. The van der Waals surface area contributed by atoms with Crippen molar-refractivity contribution in [2.45, 2.75) is 32.9 Å². The third-order valence-electron chi connectivity index (χ3n) is 6.90. The molecular weight excluding hydrogens is 340 g/mol. The van der Waals surface area contributed by atoms with E-state index >= 15 is 0 Å². The van der Waals surface area contributed by atoms with Gasteiger partial charge in [0.25, 0.3) is 0 Å². The van der Waals surface area contributed by atoms with Crippen molar-refractivity contribution in [2.24, 2.45) is 0 Å². The molecule has 0 saturated carbocycles. The van der Waals surface area contributed by atoms with Gasteiger partial charge in [-0.1, -0.05) is 78.9 Å². The van der Waals surface area contributed by atoms with Gasteiger partial charge in [0.05, 0.1) is 0 Å². The maximum atomic E-state index is 2.53. The highest BCUT2D eigenvalue weighted by molar-refractivity contribution is 7.11. The van der Waals surface area contributed by atoms with E-state index in [0.717, 1.165) is 0 Å². The van der Waals surface area contributed by atoms with Crippen molar-refractivity contribution < 1.29 is 0 Å². The zero-order chi connectivity index (χ0) is 18.5. The fourth-order valence-electron chi connectivity index (χ4n) is 5.90. The second-order valence-corrected chi connectivity index (χ2v) is 13.2. The molecule has 1 heterocycles. The van der Waals surface area contributed by atoms with Crippen LogP contribution in [0, 0.1) is 13.3 Å². The van der Waals surface area contributed by atoms with Crippen LogP contribution in [-0.2, 0) is 0 Å². The topological polar surface area (TPSA) is 0 Å². The summed E-state index contributed by atoms with van der Waals surface area (Å²) in [7, 11) is -1.54. The number of fused-ring (bicyclic) bond motifs is 3. The van der Waals surface area contributed by atoms with E-state index in [1.807, 2.05) is 0 Å². The van der Waals surface area contributed by atoms with Crippen LogP contribution >= 0.6 is 0 Å². The van der Waals surface area contributed by atoms with E-state index in [9.17, 15) is 0 Å². The molecule has 0 aromatic heterocycles. The van der Waals surface area contributed by atoms with Crippen molar-refractivity contribution in [3.05, 3.63) is 106 Å². The molecule has 1 aliphatic heterocycles. The van der Waals surface area contributed by atoms with Gasteiger partial charge in [-0.05, 0) is 63.2 Å². The van der Waals surface area contributed by atoms with Crippen molar-refractivity contribution in [3.8, 4) is 0 Å². The number of allylic oxidation sites excluding steroid dienone is 6. The lowest BCUT2D eigenvalue weighted by atomic mass is 9.91. The predicted molar refractivity (Wildman–Crippen MR) is 118 cm³/mol. The minimum atomic E-state index is -1.54. The normalized spacial score (nSPS) is 22.7. The summed E-state index contributed by atoms with van der Waals surface area (Å²) >= 11 is 0. The van der Waals surface area contributed by atoms with Crippen LogP contribution in [0.1, 0.15) is 46.2 Å². The fourth-order valence-corrected chi connectivity index (χ4v) is 9.69. The number of hydrogen-bond acceptors (Lipinski definition) is 0. The Morgan fingerprint density at radius 2 is 1.78 bits per heavy atom. The molecule has 6 rings (SSSR count). The smallest absolute Gasteiger partial charge is 0.0726 e. The average Bonchev–Trinajstić information content (AvgIpc) is 3.13. The van der Waals surface area contributed by atoms with Crippen LogP contribution in [0.4, 0.5) is 0 Å². The van der Waals surface area contributed by atoms with Crippen LogP contribution in [0.5, 0.6) is 0 Å². The first-order chi connectivity index (χ1) is 13.0. The van der Waals surface area contributed by atoms with Crippen LogP contribution in [0.25, 0.3) is 10.8 Å². The van der Waals surface area contributed by atoms with E-state index in [0.29, 0.717) is 5.92 Å². The highest BCUT2D eigenvalue weighted by atomic mass is 28.3. The van der Waals surface area contributed by atoms with E-state index < -0.39 is 8.07 Å². The van der Waals surface area contributed by atoms with Crippen LogP contribution < -0.4 is 5.19 Å². The van der Waals surface area contributed by atoms with Crippen molar-refractivity contribution in [3.63, 3.8) is 0 Å². The summed E-state index contributed by atoms with van der Waals surface area (Å²) in [4.78, 5) is 0. The molecule has 1 heteroatoms. The maximum Gasteiger partial charge on any atom is 0.114 e. The molecule has 4 aliphatic rings. The zero-order valence-electron chi connectivity index (χ0n) is 16.4. The SMILES string of the molecule is CC1=C2c3c(ccc(C4=C5C=CC=CC5c5ccc(C)cc54)c3[Si]2(C)C)[CH]1. The van der Waals surface area contributed by atoms with Gasteiger partial charge in [0.15, 0.2) is 0 Å². The summed E-state index contributed by atoms with van der Waals surface area (Å²) in [5.41, 5.74) is 13.3. The average molecular weight is 364 g/mol. The van der Waals surface area contributed by atoms with Crippen LogP contribution in [0.2, 0.25) is 13.1 Å². The third kappa shape index (κ3) is 1.79. The van der Waals surface area contributed by atoms with E-state index in [1.54, 1.807) is 15.9 Å². The number of hydrogen-bond donors (Lipinski definition) is 0. The van der Waals surface area contributed by atoms with Crippen molar-refractivity contribution in [1.82, 2.24) is 0 Å². The molecule has 1 unspecified atom stereocenters. The Bertz CT molecular complexity index is 1180. The Balaban J connectivity index is 1.69. The summed E-state index contributed by atoms with van der Waals surface area (Å²) in [6, 6.07) is 11.8. The van der Waals surface area contributed by atoms with Crippen LogP contribution in [0.3, 0.4) is 0 Å². The van der Waals surface area contributed by atoms with E-state index in [4.69, 9.17) is 0 Å². The predicted octanol–water partition coefficient (Wildman–Crippen LogP) is 5.83. The summed E-state index contributed by atoms with van der Waals surface area (Å²) in [6.07, 6.45) is 11.5. The third-order valence-corrected chi connectivity index (χ3v) is 10.6. The largest absolute Gasteiger partial charge is 0.114 e. The van der Waals surface area contributed by atoms with Crippen molar-refractivity contribution in [2.75, 3.05) is 0 Å². The van der Waals surface area contributed by atoms with E-state index in [2.05, 4.69) is 88.0 Å². The lowest BCUT2D eigenvalue weighted by Crippen LogP contribution is -2.56. The fraction of sp³-hybridized carbons (Fsp3) is 0.192. The lowest BCUT2D eigenvalue weighted by Gasteiger charge is -2.41. The van der Waals surface area contributed by atoms with Gasteiger partial charge in [0.2, 0.25) is 0 Å². The summed E-state index contributed by atoms with van der Waals surface area (Å²) in [6.45, 7) is 9.58. The zero-order valence-corrected chi connectivity index (χ0v) is 17.4. The molecule has 0 spiro atoms. The molecule has 131 valence electrons. The molecule has 0 bridgehead atoms. The molecular formula is C26H23Si. The second-order valence-electron chi connectivity index (χ2n) is 8.92. The minimum absolute atomic E-state index is 0.411. The highest BCUT2D eigenvalue weighted by Crippen LogP contribution is 2.52. The monoisotopic (exact) mass is 363 g/mol. The van der Waals surface area contributed by atoms with Gasteiger partial charge in [-0.3, -0.25) is 0 Å². The van der Waals surface area contributed by atoms with Crippen LogP contribution in [0.15, 0.2) is 65.8 Å². The molecule has 0 saturated heterocycles. The van der Waals surface area contributed by atoms with Crippen molar-refractivity contribution in [1.29, 1.82) is 0 Å². The summed E-state index contributed by atoms with van der Waals surface area (Å²) in [5.74, 6) is 0.411. The van der Waals surface area contributed by atoms with Crippen molar-refractivity contribution >= 4 is 24.0 Å². The first-order valence-corrected chi connectivity index (χ1v) is 12.9. The first-order valence-electron chi connectivity index (χ1n) is 9.93. The Hall–Kier alpha value is -2.38. The van der Waals surface area contributed by atoms with Gasteiger partial charge >= 0.3 is 0 Å². The molecule has 27 heavy (non-hydrogen) atoms. The Kier molecular flexibility index (Phi) is 2.84. The molecule has 1 radical (unpaired) electrons. The molecule has 3 aliphatic carbocycles. The minimum Gasteiger partial charge on any atom is -0.0726 e. The molecule has 0 fully saturated rings. The Morgan fingerprint density at radius 1 is 0.926 bits per heavy atom. The van der Waals surface area contributed by atoms with Gasteiger partial charge < -0.3 is 0 Å². The second kappa shape index (κ2) is 4.91. The molecule has 2 aromatic rings. The number of rotatable bonds is 1. The highest BCUT2D eigenvalue weighted by Gasteiger charge is 2.49. The van der Waals surface area contributed by atoms with Gasteiger partial charge in [-0.15, -0.1) is 0 Å². The summed E-state index contributed by atoms with van der Waals surface area (Å²) in [5, 5.41) is 3.37. The van der Waals surface area contributed by atoms with Gasteiger partial charge in [0, 0.05) is 12.3 Å². The lowest BCUT2D eigenvalue weighted by molar-refractivity contribution is 1.05. The maximum absolute atomic E-state index is 2.53. The van der Waals surface area contributed by atoms with Crippen LogP contribution in [-0.4, -0.2) is 8.07 Å². The quantitative estimate of drug-likeness (QED) is 0.559. The number of benzene rings is 2.